The summed E-state index contributed by atoms with van der Waals surface area (Å²) in [5.41, 5.74) is 1.59. The van der Waals surface area contributed by atoms with Gasteiger partial charge in [-0.1, -0.05) is 33.6 Å². The summed E-state index contributed by atoms with van der Waals surface area (Å²) in [4.78, 5) is 11.9. The first-order valence-corrected chi connectivity index (χ1v) is 6.91. The van der Waals surface area contributed by atoms with E-state index in [-0.39, 0.29) is 12.4 Å². The Morgan fingerprint density at radius 3 is 2.58 bits per heavy atom. The minimum absolute atomic E-state index is 0.0128. The van der Waals surface area contributed by atoms with Crippen LogP contribution in [0.3, 0.4) is 0 Å². The quantitative estimate of drug-likeness (QED) is 0.757. The van der Waals surface area contributed by atoms with Crippen molar-refractivity contribution in [1.82, 2.24) is 0 Å². The van der Waals surface area contributed by atoms with Gasteiger partial charge < -0.3 is 4.74 Å². The van der Waals surface area contributed by atoms with Crippen molar-refractivity contribution in [3.8, 4) is 5.75 Å². The van der Waals surface area contributed by atoms with Crippen LogP contribution in [0.4, 0.5) is 0 Å². The molecule has 0 bridgehead atoms. The van der Waals surface area contributed by atoms with Crippen LogP contribution in [0.15, 0.2) is 46.9 Å². The normalized spacial score (nSPS) is 10.3. The molecule has 2 aromatic carbocycles. The van der Waals surface area contributed by atoms with Gasteiger partial charge in [0, 0.05) is 15.1 Å². The molecule has 0 fully saturated rings. The maximum absolute atomic E-state index is 11.9. The van der Waals surface area contributed by atoms with Crippen molar-refractivity contribution in [2.75, 3.05) is 6.61 Å². The Kier molecular flexibility index (Phi) is 4.61. The Morgan fingerprint density at radius 1 is 1.21 bits per heavy atom. The molecule has 4 heteroatoms. The number of ketones is 1. The van der Waals surface area contributed by atoms with E-state index in [0.717, 1.165) is 10.0 Å². The lowest BCUT2D eigenvalue weighted by Gasteiger charge is -2.09. The smallest absolute Gasteiger partial charge is 0.200 e. The molecule has 0 heterocycles. The van der Waals surface area contributed by atoms with Crippen LogP contribution < -0.4 is 4.74 Å². The maximum Gasteiger partial charge on any atom is 0.200 e. The minimum Gasteiger partial charge on any atom is -0.485 e. The molecule has 0 aliphatic carbocycles. The summed E-state index contributed by atoms with van der Waals surface area (Å²) in [7, 11) is 0. The second-order valence-electron chi connectivity index (χ2n) is 4.13. The predicted molar refractivity (Wildman–Crippen MR) is 80.2 cm³/mol. The van der Waals surface area contributed by atoms with Crippen LogP contribution in [0.2, 0.25) is 5.02 Å². The SMILES string of the molecule is Cc1ccc(Br)cc1OCC(=O)c1ccc(Cl)cc1. The summed E-state index contributed by atoms with van der Waals surface area (Å²) >= 11 is 9.16. The van der Waals surface area contributed by atoms with Gasteiger partial charge in [0.15, 0.2) is 12.4 Å². The van der Waals surface area contributed by atoms with Gasteiger partial charge in [0.25, 0.3) is 0 Å². The summed E-state index contributed by atoms with van der Waals surface area (Å²) < 4.78 is 6.47. The summed E-state index contributed by atoms with van der Waals surface area (Å²) in [6.07, 6.45) is 0. The van der Waals surface area contributed by atoms with Crippen molar-refractivity contribution in [2.24, 2.45) is 0 Å². The van der Waals surface area contributed by atoms with Gasteiger partial charge in [-0.05, 0) is 48.9 Å². The highest BCUT2D eigenvalue weighted by atomic mass is 79.9. The number of ether oxygens (including phenoxy) is 1. The molecule has 0 aliphatic rings. The van der Waals surface area contributed by atoms with Gasteiger partial charge in [0.2, 0.25) is 0 Å². The topological polar surface area (TPSA) is 26.3 Å². The van der Waals surface area contributed by atoms with Crippen molar-refractivity contribution in [2.45, 2.75) is 6.92 Å². The largest absolute Gasteiger partial charge is 0.485 e. The molecule has 0 unspecified atom stereocenters. The van der Waals surface area contributed by atoms with Crippen molar-refractivity contribution < 1.29 is 9.53 Å². The third-order valence-corrected chi connectivity index (χ3v) is 3.42. The van der Waals surface area contributed by atoms with E-state index >= 15 is 0 Å². The number of hydrogen-bond acceptors (Lipinski definition) is 2. The molecule has 0 amide bonds. The molecular formula is C15H12BrClO2. The van der Waals surface area contributed by atoms with E-state index in [2.05, 4.69) is 15.9 Å². The number of aryl methyl sites for hydroxylation is 1. The molecule has 2 rings (SSSR count). The number of carbonyl (C=O) groups is 1. The molecule has 0 spiro atoms. The first kappa shape index (κ1) is 14.1. The molecule has 0 aliphatic heterocycles. The zero-order chi connectivity index (χ0) is 13.8. The van der Waals surface area contributed by atoms with Crippen LogP contribution in [-0.4, -0.2) is 12.4 Å². The second-order valence-corrected chi connectivity index (χ2v) is 5.48. The fourth-order valence-electron chi connectivity index (χ4n) is 1.59. The molecule has 0 aromatic heterocycles. The van der Waals surface area contributed by atoms with Gasteiger partial charge in [0.05, 0.1) is 0 Å². The number of carbonyl (C=O) groups excluding carboxylic acids is 1. The van der Waals surface area contributed by atoms with E-state index in [4.69, 9.17) is 16.3 Å². The van der Waals surface area contributed by atoms with Gasteiger partial charge in [-0.25, -0.2) is 0 Å². The van der Waals surface area contributed by atoms with Crippen LogP contribution in [0, 0.1) is 6.92 Å². The van der Waals surface area contributed by atoms with Crippen molar-refractivity contribution in [3.63, 3.8) is 0 Å². The fraction of sp³-hybridized carbons (Fsp3) is 0.133. The van der Waals surface area contributed by atoms with Gasteiger partial charge in [-0.2, -0.15) is 0 Å². The molecule has 0 N–H and O–H groups in total. The van der Waals surface area contributed by atoms with Gasteiger partial charge in [-0.15, -0.1) is 0 Å². The van der Waals surface area contributed by atoms with Gasteiger partial charge in [-0.3, -0.25) is 4.79 Å². The highest BCUT2D eigenvalue weighted by molar-refractivity contribution is 9.10. The molecule has 2 aromatic rings. The molecule has 0 saturated heterocycles. The third kappa shape index (κ3) is 3.82. The molecule has 98 valence electrons. The molecule has 0 radical (unpaired) electrons. The van der Waals surface area contributed by atoms with Crippen LogP contribution >= 0.6 is 27.5 Å². The van der Waals surface area contributed by atoms with Crippen LogP contribution in [0.5, 0.6) is 5.75 Å². The summed E-state index contributed by atoms with van der Waals surface area (Å²) in [5, 5.41) is 0.611. The molecule has 0 atom stereocenters. The highest BCUT2D eigenvalue weighted by Crippen LogP contribution is 2.23. The van der Waals surface area contributed by atoms with Crippen LogP contribution in [-0.2, 0) is 0 Å². The number of halogens is 2. The number of benzene rings is 2. The zero-order valence-corrected chi connectivity index (χ0v) is 12.7. The Hall–Kier alpha value is -1.32. The van der Waals surface area contributed by atoms with E-state index in [1.165, 1.54) is 0 Å². The Morgan fingerprint density at radius 2 is 1.89 bits per heavy atom. The molecule has 19 heavy (non-hydrogen) atoms. The Bertz CT molecular complexity index is 594. The van der Waals surface area contributed by atoms with E-state index in [1.807, 2.05) is 25.1 Å². The standard InChI is InChI=1S/C15H12BrClO2/c1-10-2-5-12(16)8-15(10)19-9-14(18)11-3-6-13(17)7-4-11/h2-8H,9H2,1H3. The summed E-state index contributed by atoms with van der Waals surface area (Å²) in [6, 6.07) is 12.5. The van der Waals surface area contributed by atoms with Crippen LogP contribution in [0.25, 0.3) is 0 Å². The van der Waals surface area contributed by atoms with E-state index in [0.29, 0.717) is 16.3 Å². The molecular weight excluding hydrogens is 328 g/mol. The number of Topliss-reactive ketones (excluding diaryl/α,β-unsaturated/α-hetero) is 1. The first-order chi connectivity index (χ1) is 9.06. The van der Waals surface area contributed by atoms with Crippen molar-refractivity contribution >= 4 is 33.3 Å². The first-order valence-electron chi connectivity index (χ1n) is 5.74. The van der Waals surface area contributed by atoms with Crippen molar-refractivity contribution in [3.05, 3.63) is 63.1 Å². The number of rotatable bonds is 4. The highest BCUT2D eigenvalue weighted by Gasteiger charge is 2.08. The van der Waals surface area contributed by atoms with Gasteiger partial charge >= 0.3 is 0 Å². The van der Waals surface area contributed by atoms with E-state index < -0.39 is 0 Å². The lowest BCUT2D eigenvalue weighted by atomic mass is 10.1. The molecule has 0 saturated carbocycles. The van der Waals surface area contributed by atoms with Gasteiger partial charge in [0.1, 0.15) is 5.75 Å². The number of hydrogen-bond donors (Lipinski definition) is 0. The Labute approximate surface area is 125 Å². The lowest BCUT2D eigenvalue weighted by molar-refractivity contribution is 0.0921. The van der Waals surface area contributed by atoms with Crippen LogP contribution in [0.1, 0.15) is 15.9 Å². The molecule has 2 nitrogen and oxygen atoms in total. The monoisotopic (exact) mass is 338 g/mol. The lowest BCUT2D eigenvalue weighted by Crippen LogP contribution is -2.12. The average Bonchev–Trinajstić information content (AvgIpc) is 2.40. The average molecular weight is 340 g/mol. The fourth-order valence-corrected chi connectivity index (χ4v) is 2.06. The summed E-state index contributed by atoms with van der Waals surface area (Å²) in [5.74, 6) is 0.632. The maximum atomic E-state index is 11.9. The Balaban J connectivity index is 2.04. The van der Waals surface area contributed by atoms with E-state index in [1.54, 1.807) is 24.3 Å². The minimum atomic E-state index is -0.0731. The predicted octanol–water partition coefficient (Wildman–Crippen LogP) is 4.67. The van der Waals surface area contributed by atoms with Crippen molar-refractivity contribution in [1.29, 1.82) is 0 Å². The van der Waals surface area contributed by atoms with E-state index in [9.17, 15) is 4.79 Å². The summed E-state index contributed by atoms with van der Waals surface area (Å²) in [6.45, 7) is 1.95. The third-order valence-electron chi connectivity index (χ3n) is 2.68. The zero-order valence-electron chi connectivity index (χ0n) is 10.3. The second kappa shape index (κ2) is 6.22.